The highest BCUT2D eigenvalue weighted by Gasteiger charge is 2.57. The second-order valence-electron chi connectivity index (χ2n) is 2.80. The van der Waals surface area contributed by atoms with E-state index in [2.05, 4.69) is 0 Å². The van der Waals surface area contributed by atoms with Gasteiger partial charge < -0.3 is 0 Å². The molecule has 0 fully saturated rings. The number of allylic oxidation sites excluding steroid dienone is 4. The standard InChI is InChI=1S/C7H2F8/c8-4-2-5(9,10)1-3(6(4,11)12)7(13,14)15/h1-2H. The molecule has 1 aliphatic carbocycles. The molecule has 0 saturated heterocycles. The number of rotatable bonds is 0. The van der Waals surface area contributed by atoms with Gasteiger partial charge in [-0.1, -0.05) is 0 Å². The minimum atomic E-state index is -5.71. The highest BCUT2D eigenvalue weighted by Crippen LogP contribution is 2.47. The molecule has 0 radical (unpaired) electrons. The Bertz CT molecular complexity index is 331. The van der Waals surface area contributed by atoms with Crippen LogP contribution in [0, 0.1) is 0 Å². The van der Waals surface area contributed by atoms with Crippen molar-refractivity contribution in [2.45, 2.75) is 18.0 Å². The van der Waals surface area contributed by atoms with Gasteiger partial charge >= 0.3 is 12.1 Å². The van der Waals surface area contributed by atoms with Crippen molar-refractivity contribution in [3.63, 3.8) is 0 Å². The van der Waals surface area contributed by atoms with Crippen LogP contribution < -0.4 is 0 Å². The summed E-state index contributed by atoms with van der Waals surface area (Å²) in [5, 5.41) is 0. The maximum Gasteiger partial charge on any atom is 0.418 e. The van der Waals surface area contributed by atoms with Crippen molar-refractivity contribution in [3.05, 3.63) is 23.6 Å². The average Bonchev–Trinajstić information content (AvgIpc) is 1.94. The highest BCUT2D eigenvalue weighted by molar-refractivity contribution is 5.37. The van der Waals surface area contributed by atoms with Gasteiger partial charge in [-0.15, -0.1) is 0 Å². The number of halogens is 8. The van der Waals surface area contributed by atoms with Gasteiger partial charge in [-0.3, -0.25) is 0 Å². The van der Waals surface area contributed by atoms with Crippen molar-refractivity contribution in [1.29, 1.82) is 0 Å². The van der Waals surface area contributed by atoms with Gasteiger partial charge in [-0.05, 0) is 0 Å². The van der Waals surface area contributed by atoms with Crippen LogP contribution in [0.2, 0.25) is 0 Å². The Labute approximate surface area is 77.9 Å². The Morgan fingerprint density at radius 3 is 1.80 bits per heavy atom. The van der Waals surface area contributed by atoms with Crippen LogP contribution >= 0.6 is 0 Å². The van der Waals surface area contributed by atoms with E-state index in [4.69, 9.17) is 0 Å². The summed E-state index contributed by atoms with van der Waals surface area (Å²) in [7, 11) is 0. The summed E-state index contributed by atoms with van der Waals surface area (Å²) in [5.41, 5.74) is -2.89. The monoisotopic (exact) mass is 238 g/mol. The predicted octanol–water partition coefficient (Wildman–Crippen LogP) is 3.61. The van der Waals surface area contributed by atoms with Gasteiger partial charge in [0.05, 0.1) is 0 Å². The molecule has 0 spiro atoms. The topological polar surface area (TPSA) is 0 Å². The lowest BCUT2D eigenvalue weighted by Gasteiger charge is -2.26. The fraction of sp³-hybridized carbons (Fsp3) is 0.429. The molecule has 0 bridgehead atoms. The van der Waals surface area contributed by atoms with Crippen molar-refractivity contribution < 1.29 is 35.1 Å². The lowest BCUT2D eigenvalue weighted by molar-refractivity contribution is -0.130. The van der Waals surface area contributed by atoms with Crippen LogP contribution in [-0.4, -0.2) is 18.0 Å². The summed E-state index contributed by atoms with van der Waals surface area (Å²) in [4.78, 5) is 0. The van der Waals surface area contributed by atoms with Gasteiger partial charge in [0.2, 0.25) is 0 Å². The van der Waals surface area contributed by atoms with Crippen molar-refractivity contribution in [1.82, 2.24) is 0 Å². The molecular weight excluding hydrogens is 236 g/mol. The molecule has 0 heterocycles. The first-order valence-electron chi connectivity index (χ1n) is 3.42. The minimum Gasteiger partial charge on any atom is -0.205 e. The summed E-state index contributed by atoms with van der Waals surface area (Å²) in [5.74, 6) is -12.2. The molecule has 1 rings (SSSR count). The fourth-order valence-electron chi connectivity index (χ4n) is 0.973. The van der Waals surface area contributed by atoms with Crippen molar-refractivity contribution >= 4 is 0 Å². The number of hydrogen-bond donors (Lipinski definition) is 0. The number of alkyl halides is 7. The molecule has 0 saturated carbocycles. The van der Waals surface area contributed by atoms with Crippen molar-refractivity contribution in [3.8, 4) is 0 Å². The molecule has 0 aromatic carbocycles. The molecule has 0 aliphatic heterocycles. The zero-order chi connectivity index (χ0) is 12.1. The van der Waals surface area contributed by atoms with Gasteiger partial charge in [0.25, 0.3) is 5.92 Å². The molecule has 0 aromatic rings. The molecule has 15 heavy (non-hydrogen) atoms. The van der Waals surface area contributed by atoms with Crippen LogP contribution in [0.3, 0.4) is 0 Å². The van der Waals surface area contributed by atoms with E-state index in [1.54, 1.807) is 0 Å². The third kappa shape index (κ3) is 2.13. The van der Waals surface area contributed by atoms with Gasteiger partial charge in [0, 0.05) is 12.2 Å². The minimum absolute atomic E-state index is 0.845. The fourth-order valence-corrected chi connectivity index (χ4v) is 0.973. The van der Waals surface area contributed by atoms with Crippen molar-refractivity contribution in [2.75, 3.05) is 0 Å². The molecule has 1 aliphatic rings. The first-order chi connectivity index (χ1) is 6.47. The van der Waals surface area contributed by atoms with E-state index in [9.17, 15) is 35.1 Å². The molecule has 0 nitrogen and oxygen atoms in total. The summed E-state index contributed by atoms with van der Waals surface area (Å²) in [6, 6.07) is 0. The summed E-state index contributed by atoms with van der Waals surface area (Å²) < 4.78 is 97.7. The van der Waals surface area contributed by atoms with E-state index in [1.165, 1.54) is 0 Å². The first kappa shape index (κ1) is 12.0. The molecule has 86 valence electrons. The zero-order valence-electron chi connectivity index (χ0n) is 6.68. The first-order valence-corrected chi connectivity index (χ1v) is 3.42. The van der Waals surface area contributed by atoms with E-state index < -0.39 is 41.6 Å². The van der Waals surface area contributed by atoms with Gasteiger partial charge in [-0.2, -0.15) is 30.7 Å². The van der Waals surface area contributed by atoms with E-state index in [0.717, 1.165) is 0 Å². The average molecular weight is 238 g/mol. The van der Waals surface area contributed by atoms with Crippen LogP contribution in [0.4, 0.5) is 35.1 Å². The van der Waals surface area contributed by atoms with Crippen LogP contribution in [0.5, 0.6) is 0 Å². The third-order valence-corrected chi connectivity index (χ3v) is 1.60. The lowest BCUT2D eigenvalue weighted by atomic mass is 9.98. The molecule has 0 N–H and O–H groups in total. The van der Waals surface area contributed by atoms with E-state index in [1.807, 2.05) is 0 Å². The van der Waals surface area contributed by atoms with Crippen LogP contribution in [0.1, 0.15) is 0 Å². The predicted molar refractivity (Wildman–Crippen MR) is 33.2 cm³/mol. The Hall–Kier alpha value is -1.08. The third-order valence-electron chi connectivity index (χ3n) is 1.60. The largest absolute Gasteiger partial charge is 0.418 e. The molecule has 0 amide bonds. The Balaban J connectivity index is 3.31. The Kier molecular flexibility index (Phi) is 2.36. The second-order valence-corrected chi connectivity index (χ2v) is 2.80. The normalized spacial score (nSPS) is 24.5. The van der Waals surface area contributed by atoms with Crippen LogP contribution in [0.15, 0.2) is 23.6 Å². The van der Waals surface area contributed by atoms with E-state index in [0.29, 0.717) is 0 Å². The van der Waals surface area contributed by atoms with Gasteiger partial charge in [-0.25, -0.2) is 4.39 Å². The van der Waals surface area contributed by atoms with Crippen LogP contribution in [0.25, 0.3) is 0 Å². The highest BCUT2D eigenvalue weighted by atomic mass is 19.4. The molecule has 0 aromatic heterocycles. The molecule has 8 heteroatoms. The zero-order valence-corrected chi connectivity index (χ0v) is 6.68. The molecular formula is C7H2F8. The van der Waals surface area contributed by atoms with Crippen molar-refractivity contribution in [2.24, 2.45) is 0 Å². The maximum atomic E-state index is 12.5. The van der Waals surface area contributed by atoms with E-state index in [-0.39, 0.29) is 0 Å². The Morgan fingerprint density at radius 2 is 1.40 bits per heavy atom. The summed E-state index contributed by atoms with van der Waals surface area (Å²) in [6.07, 6.45) is -7.54. The molecule has 0 unspecified atom stereocenters. The SMILES string of the molecule is FC1=CC(F)(F)C=C(C(F)(F)F)C1(F)F. The van der Waals surface area contributed by atoms with Gasteiger partial charge in [0.1, 0.15) is 5.57 Å². The lowest BCUT2D eigenvalue weighted by Crippen LogP contribution is -2.36. The Morgan fingerprint density at radius 1 is 0.933 bits per heavy atom. The maximum absolute atomic E-state index is 12.5. The van der Waals surface area contributed by atoms with Crippen LogP contribution in [-0.2, 0) is 0 Å². The summed E-state index contributed by atoms with van der Waals surface area (Å²) in [6.45, 7) is 0. The summed E-state index contributed by atoms with van der Waals surface area (Å²) >= 11 is 0. The second kappa shape index (κ2) is 2.96. The smallest absolute Gasteiger partial charge is 0.205 e. The number of hydrogen-bond acceptors (Lipinski definition) is 0. The quantitative estimate of drug-likeness (QED) is 0.446. The van der Waals surface area contributed by atoms with Gasteiger partial charge in [0.15, 0.2) is 5.83 Å². The molecule has 0 atom stereocenters. The van der Waals surface area contributed by atoms with E-state index >= 15 is 0 Å².